The van der Waals surface area contributed by atoms with E-state index >= 15 is 0 Å². The Morgan fingerprint density at radius 2 is 2.05 bits per heavy atom. The Morgan fingerprint density at radius 1 is 1.32 bits per heavy atom. The van der Waals surface area contributed by atoms with Gasteiger partial charge in [-0.2, -0.15) is 0 Å². The van der Waals surface area contributed by atoms with Crippen molar-refractivity contribution in [3.8, 4) is 0 Å². The molecule has 108 valence electrons. The third-order valence-corrected chi connectivity index (χ3v) is 5.25. The normalized spacial score (nSPS) is 38.9. The Morgan fingerprint density at radius 3 is 2.68 bits per heavy atom. The summed E-state index contributed by atoms with van der Waals surface area (Å²) in [7, 11) is 0. The van der Waals surface area contributed by atoms with E-state index in [-0.39, 0.29) is 5.60 Å². The quantitative estimate of drug-likeness (QED) is 0.780. The third kappa shape index (κ3) is 2.39. The Kier molecular flexibility index (Phi) is 3.31. The monoisotopic (exact) mass is 268 g/mol. The predicted molar refractivity (Wildman–Crippen MR) is 70.9 cm³/mol. The second-order valence-corrected chi connectivity index (χ2v) is 6.57. The second-order valence-electron chi connectivity index (χ2n) is 6.57. The summed E-state index contributed by atoms with van der Waals surface area (Å²) in [6, 6.07) is 0.455. The standard InChI is InChI=1S/C14H24N2O3/c15-14(12(17)18)6-7-16(10-14)11-3-8-19-13(9-11)4-1-2-5-13/h11H,1-10,15H2,(H,17,18). The molecule has 5 nitrogen and oxygen atoms in total. The van der Waals surface area contributed by atoms with Gasteiger partial charge in [-0.3, -0.25) is 9.69 Å². The van der Waals surface area contributed by atoms with Crippen LogP contribution in [0.3, 0.4) is 0 Å². The second kappa shape index (κ2) is 4.72. The van der Waals surface area contributed by atoms with Gasteiger partial charge in [0.15, 0.2) is 0 Å². The van der Waals surface area contributed by atoms with Crippen LogP contribution in [0, 0.1) is 0 Å². The van der Waals surface area contributed by atoms with Crippen molar-refractivity contribution < 1.29 is 14.6 Å². The number of nitrogens with zero attached hydrogens (tertiary/aromatic N) is 1. The smallest absolute Gasteiger partial charge is 0.325 e. The molecule has 1 saturated carbocycles. The fourth-order valence-electron chi connectivity index (χ4n) is 4.03. The molecular weight excluding hydrogens is 244 g/mol. The summed E-state index contributed by atoms with van der Waals surface area (Å²) in [5, 5.41) is 9.22. The van der Waals surface area contributed by atoms with Crippen LogP contribution in [0.15, 0.2) is 0 Å². The van der Waals surface area contributed by atoms with Crippen molar-refractivity contribution >= 4 is 5.97 Å². The van der Waals surface area contributed by atoms with Crippen molar-refractivity contribution in [2.75, 3.05) is 19.7 Å². The average molecular weight is 268 g/mol. The van der Waals surface area contributed by atoms with Gasteiger partial charge < -0.3 is 15.6 Å². The first-order valence-corrected chi connectivity index (χ1v) is 7.43. The number of likely N-dealkylation sites (tertiary alicyclic amines) is 1. The van der Waals surface area contributed by atoms with Crippen molar-refractivity contribution in [3.05, 3.63) is 0 Å². The third-order valence-electron chi connectivity index (χ3n) is 5.25. The van der Waals surface area contributed by atoms with Crippen molar-refractivity contribution in [1.82, 2.24) is 4.90 Å². The van der Waals surface area contributed by atoms with E-state index < -0.39 is 11.5 Å². The van der Waals surface area contributed by atoms with Gasteiger partial charge in [0.25, 0.3) is 0 Å². The van der Waals surface area contributed by atoms with E-state index in [1.807, 2.05) is 0 Å². The predicted octanol–water partition coefficient (Wildman–Crippen LogP) is 0.966. The van der Waals surface area contributed by atoms with Crippen LogP contribution in [0.25, 0.3) is 0 Å². The zero-order valence-electron chi connectivity index (χ0n) is 11.4. The maximum atomic E-state index is 11.2. The van der Waals surface area contributed by atoms with Crippen LogP contribution in [-0.2, 0) is 9.53 Å². The Labute approximate surface area is 114 Å². The lowest BCUT2D eigenvalue weighted by atomic mass is 9.88. The molecule has 3 rings (SSSR count). The topological polar surface area (TPSA) is 75.8 Å². The number of rotatable bonds is 2. The number of carbonyl (C=O) groups is 1. The van der Waals surface area contributed by atoms with E-state index in [0.29, 0.717) is 19.0 Å². The molecule has 3 N–H and O–H groups in total. The summed E-state index contributed by atoms with van der Waals surface area (Å²) in [5.41, 5.74) is 5.02. The summed E-state index contributed by atoms with van der Waals surface area (Å²) in [6.07, 6.45) is 7.51. The minimum absolute atomic E-state index is 0.0893. The Bertz CT molecular complexity index is 368. The lowest BCUT2D eigenvalue weighted by molar-refractivity contribution is -0.143. The van der Waals surface area contributed by atoms with Crippen molar-refractivity contribution in [3.63, 3.8) is 0 Å². The molecule has 0 amide bonds. The molecule has 2 unspecified atom stereocenters. The number of carboxylic acids is 1. The molecule has 3 aliphatic rings. The van der Waals surface area contributed by atoms with Crippen LogP contribution in [0.2, 0.25) is 0 Å². The van der Waals surface area contributed by atoms with Gasteiger partial charge in [0, 0.05) is 25.7 Å². The van der Waals surface area contributed by atoms with Crippen LogP contribution in [-0.4, -0.2) is 52.9 Å². The van der Waals surface area contributed by atoms with Crippen LogP contribution < -0.4 is 5.73 Å². The van der Waals surface area contributed by atoms with E-state index in [4.69, 9.17) is 10.5 Å². The Balaban J connectivity index is 1.65. The van der Waals surface area contributed by atoms with E-state index in [1.54, 1.807) is 0 Å². The molecular formula is C14H24N2O3. The molecule has 0 radical (unpaired) electrons. The minimum atomic E-state index is -1.04. The number of ether oxygens (including phenoxy) is 1. The van der Waals surface area contributed by atoms with Gasteiger partial charge in [0.1, 0.15) is 5.54 Å². The van der Waals surface area contributed by atoms with Crippen molar-refractivity contribution in [1.29, 1.82) is 0 Å². The molecule has 0 aromatic rings. The highest BCUT2D eigenvalue weighted by Gasteiger charge is 2.47. The lowest BCUT2D eigenvalue weighted by Gasteiger charge is -2.42. The largest absolute Gasteiger partial charge is 0.480 e. The zero-order chi connectivity index (χ0) is 13.5. The van der Waals surface area contributed by atoms with Gasteiger partial charge in [-0.15, -0.1) is 0 Å². The van der Waals surface area contributed by atoms with Crippen molar-refractivity contribution in [2.24, 2.45) is 5.73 Å². The molecule has 2 saturated heterocycles. The maximum absolute atomic E-state index is 11.2. The van der Waals surface area contributed by atoms with Gasteiger partial charge in [0.05, 0.1) is 5.60 Å². The number of nitrogens with two attached hydrogens (primary N) is 1. The Hall–Kier alpha value is -0.650. The number of aliphatic carboxylic acids is 1. The summed E-state index contributed by atoms with van der Waals surface area (Å²) in [6.45, 7) is 2.11. The van der Waals surface area contributed by atoms with Crippen LogP contribution in [0.1, 0.15) is 44.9 Å². The summed E-state index contributed by atoms with van der Waals surface area (Å²) < 4.78 is 6.04. The molecule has 2 aliphatic heterocycles. The highest BCUT2D eigenvalue weighted by molar-refractivity contribution is 5.79. The van der Waals surface area contributed by atoms with Gasteiger partial charge >= 0.3 is 5.97 Å². The average Bonchev–Trinajstić information content (AvgIpc) is 2.98. The van der Waals surface area contributed by atoms with Gasteiger partial charge in [-0.05, 0) is 32.1 Å². The molecule has 3 fully saturated rings. The van der Waals surface area contributed by atoms with Crippen LogP contribution in [0.5, 0.6) is 0 Å². The first-order chi connectivity index (χ1) is 9.03. The number of hydrogen-bond acceptors (Lipinski definition) is 4. The summed E-state index contributed by atoms with van der Waals surface area (Å²) in [4.78, 5) is 13.5. The molecule has 1 aliphatic carbocycles. The van der Waals surface area contributed by atoms with E-state index in [0.717, 1.165) is 26.0 Å². The van der Waals surface area contributed by atoms with Crippen molar-refractivity contribution in [2.45, 2.75) is 62.1 Å². The SMILES string of the molecule is NC1(C(=O)O)CCN(C2CCOC3(CCCC3)C2)C1. The summed E-state index contributed by atoms with van der Waals surface area (Å²) >= 11 is 0. The summed E-state index contributed by atoms with van der Waals surface area (Å²) in [5.74, 6) is -0.863. The highest BCUT2D eigenvalue weighted by atomic mass is 16.5. The van der Waals surface area contributed by atoms with E-state index in [1.165, 1.54) is 25.7 Å². The highest BCUT2D eigenvalue weighted by Crippen LogP contribution is 2.42. The molecule has 5 heteroatoms. The first-order valence-electron chi connectivity index (χ1n) is 7.43. The molecule has 19 heavy (non-hydrogen) atoms. The van der Waals surface area contributed by atoms with Gasteiger partial charge in [-0.1, -0.05) is 12.8 Å². The van der Waals surface area contributed by atoms with Gasteiger partial charge in [0.2, 0.25) is 0 Å². The zero-order valence-corrected chi connectivity index (χ0v) is 11.4. The fraction of sp³-hybridized carbons (Fsp3) is 0.929. The van der Waals surface area contributed by atoms with Crippen LogP contribution in [0.4, 0.5) is 0 Å². The molecule has 0 bridgehead atoms. The van der Waals surface area contributed by atoms with Gasteiger partial charge in [-0.25, -0.2) is 0 Å². The molecule has 0 aromatic carbocycles. The van der Waals surface area contributed by atoms with E-state index in [2.05, 4.69) is 4.90 Å². The maximum Gasteiger partial charge on any atom is 0.325 e. The molecule has 1 spiro atoms. The number of hydrogen-bond donors (Lipinski definition) is 2. The lowest BCUT2D eigenvalue weighted by Crippen LogP contribution is -2.53. The van der Waals surface area contributed by atoms with E-state index in [9.17, 15) is 9.90 Å². The first kappa shape index (κ1) is 13.3. The number of carboxylic acid groups (broad SMARTS) is 1. The fourth-order valence-corrected chi connectivity index (χ4v) is 4.03. The minimum Gasteiger partial charge on any atom is -0.480 e. The molecule has 0 aromatic heterocycles. The molecule has 2 heterocycles. The van der Waals surface area contributed by atoms with Crippen LogP contribution >= 0.6 is 0 Å². The molecule has 2 atom stereocenters.